The molecular formula is C81H138O17P2. The van der Waals surface area contributed by atoms with Crippen molar-refractivity contribution in [3.05, 3.63) is 122 Å². The number of rotatable bonds is 72. The molecule has 0 bridgehead atoms. The number of carbonyl (C=O) groups is 4. The summed E-state index contributed by atoms with van der Waals surface area (Å²) in [5.41, 5.74) is 0. The highest BCUT2D eigenvalue weighted by atomic mass is 31.2. The first-order chi connectivity index (χ1) is 48.7. The molecule has 0 amide bonds. The highest BCUT2D eigenvalue weighted by molar-refractivity contribution is 7.47. The Labute approximate surface area is 606 Å². The molecule has 17 nitrogen and oxygen atoms in total. The average molecular weight is 1450 g/mol. The monoisotopic (exact) mass is 1440 g/mol. The molecule has 3 N–H and O–H groups in total. The van der Waals surface area contributed by atoms with E-state index < -0.39 is 97.5 Å². The molecular weight excluding hydrogens is 1310 g/mol. The highest BCUT2D eigenvalue weighted by Gasteiger charge is 2.30. The second-order valence-electron chi connectivity index (χ2n) is 25.5. The summed E-state index contributed by atoms with van der Waals surface area (Å²) in [5, 5.41) is 10.6. The molecule has 0 aromatic heterocycles. The Morgan fingerprint density at radius 2 is 0.540 bits per heavy atom. The summed E-state index contributed by atoms with van der Waals surface area (Å²) in [6.45, 7) is 4.53. The first kappa shape index (κ1) is 95.5. The Bertz CT molecular complexity index is 2370. The van der Waals surface area contributed by atoms with Gasteiger partial charge in [0.05, 0.1) is 26.4 Å². The molecule has 0 heterocycles. The quantitative estimate of drug-likeness (QED) is 0.0169. The summed E-state index contributed by atoms with van der Waals surface area (Å²) in [5.74, 6) is -2.29. The van der Waals surface area contributed by atoms with Gasteiger partial charge in [-0.2, -0.15) is 0 Å². The van der Waals surface area contributed by atoms with Crippen molar-refractivity contribution in [2.45, 2.75) is 329 Å². The van der Waals surface area contributed by atoms with Gasteiger partial charge in [0, 0.05) is 25.7 Å². The molecule has 0 aromatic carbocycles. The van der Waals surface area contributed by atoms with Gasteiger partial charge in [-0.05, 0) is 122 Å². The topological polar surface area (TPSA) is 237 Å². The lowest BCUT2D eigenvalue weighted by Crippen LogP contribution is -2.30. The number of carbonyl (C=O) groups excluding carboxylic acids is 4. The van der Waals surface area contributed by atoms with Crippen molar-refractivity contribution in [2.75, 3.05) is 39.6 Å². The molecule has 5 atom stereocenters. The molecule has 0 aliphatic rings. The Morgan fingerprint density at radius 3 is 0.870 bits per heavy atom. The summed E-state index contributed by atoms with van der Waals surface area (Å²) < 4.78 is 68.4. The molecule has 0 aromatic rings. The van der Waals surface area contributed by atoms with E-state index >= 15 is 0 Å². The third-order valence-electron chi connectivity index (χ3n) is 15.9. The van der Waals surface area contributed by atoms with Crippen LogP contribution in [0.4, 0.5) is 0 Å². The number of aliphatic hydroxyl groups is 1. The summed E-state index contributed by atoms with van der Waals surface area (Å²) in [7, 11) is -9.97. The van der Waals surface area contributed by atoms with Crippen LogP contribution in [-0.4, -0.2) is 96.7 Å². The first-order valence-electron chi connectivity index (χ1n) is 38.8. The fourth-order valence-electron chi connectivity index (χ4n) is 10.1. The molecule has 0 aliphatic heterocycles. The standard InChI is InChI=1S/C81H138O17P2/c1-5-9-13-17-21-25-29-32-35-36-37-38-41-43-47-50-54-58-62-66-79(84)92-72-77(98-81(86)68-64-60-56-52-48-44-40-34-31-27-23-19-15-11-7-3)74-96-100(89,90)94-70-75(82)69-93-99(87,88)95-73-76(97-80(85)67-63-59-55-51-45-28-24-20-16-12-8-4)71-91-78(83)65-61-57-53-49-46-42-39-33-30-26-22-18-14-10-6-2/h9-10,13-14,21-22,25-26,32-35,37-40,43,47,54,58,75-77,82H,5-8,11-12,15-20,23-24,27-31,36,41-42,44-46,48-53,55-57,59-74H2,1-4H3,(H,87,88)(H,89,90)/b13-9-,14-10-,25-21-,26-22-,35-32-,38-37-,39-33-,40-34-,47-43-,58-54-. The van der Waals surface area contributed by atoms with Gasteiger partial charge in [0.1, 0.15) is 19.3 Å². The lowest BCUT2D eigenvalue weighted by molar-refractivity contribution is -0.161. The van der Waals surface area contributed by atoms with Crippen molar-refractivity contribution in [3.63, 3.8) is 0 Å². The van der Waals surface area contributed by atoms with Crippen molar-refractivity contribution < 1.29 is 80.2 Å². The van der Waals surface area contributed by atoms with Gasteiger partial charge in [-0.15, -0.1) is 0 Å². The van der Waals surface area contributed by atoms with Crippen LogP contribution in [0.2, 0.25) is 0 Å². The van der Waals surface area contributed by atoms with Gasteiger partial charge in [0.2, 0.25) is 0 Å². The molecule has 0 rings (SSSR count). The molecule has 0 saturated heterocycles. The van der Waals surface area contributed by atoms with Crippen LogP contribution in [0, 0.1) is 0 Å². The number of hydrogen-bond acceptors (Lipinski definition) is 15. The zero-order valence-electron chi connectivity index (χ0n) is 62.6. The summed E-state index contributed by atoms with van der Waals surface area (Å²) >= 11 is 0. The van der Waals surface area contributed by atoms with E-state index in [0.717, 1.165) is 148 Å². The predicted molar refractivity (Wildman–Crippen MR) is 408 cm³/mol. The van der Waals surface area contributed by atoms with Crippen molar-refractivity contribution in [2.24, 2.45) is 0 Å². The van der Waals surface area contributed by atoms with Gasteiger partial charge in [-0.3, -0.25) is 37.3 Å². The van der Waals surface area contributed by atoms with Crippen LogP contribution in [0.5, 0.6) is 0 Å². The normalized spacial score (nSPS) is 14.6. The molecule has 19 heteroatoms. The average Bonchev–Trinajstić information content (AvgIpc) is 0.985. The smallest absolute Gasteiger partial charge is 0.462 e. The largest absolute Gasteiger partial charge is 0.472 e. The second kappa shape index (κ2) is 72.8. The maximum Gasteiger partial charge on any atom is 0.472 e. The SMILES string of the molecule is CC/C=C\C/C=C\C/C=C\C/C=C\C/C=C\C/C=C\CCC(=O)OCC(COP(=O)(O)OCC(O)COP(=O)(O)OCC(COC(=O)CCCCCCC/C=C\C/C=C\C/C=C\CC)OC(=O)CCCCCCCCCCCCC)OC(=O)CCCCCCC/C=C\CCCCCCCC. The molecule has 5 unspecified atom stereocenters. The van der Waals surface area contributed by atoms with Crippen molar-refractivity contribution in [1.29, 1.82) is 0 Å². The van der Waals surface area contributed by atoms with Crippen LogP contribution >= 0.6 is 15.6 Å². The predicted octanol–water partition coefficient (Wildman–Crippen LogP) is 22.3. The first-order valence-corrected chi connectivity index (χ1v) is 41.8. The maximum absolute atomic E-state index is 13.1. The number of aliphatic hydroxyl groups excluding tert-OH is 1. The van der Waals surface area contributed by atoms with E-state index in [-0.39, 0.29) is 25.7 Å². The van der Waals surface area contributed by atoms with Crippen molar-refractivity contribution in [1.82, 2.24) is 0 Å². The molecule has 0 fully saturated rings. The van der Waals surface area contributed by atoms with E-state index in [4.69, 9.17) is 37.0 Å². The zero-order valence-corrected chi connectivity index (χ0v) is 64.4. The number of ether oxygens (including phenoxy) is 4. The third-order valence-corrected chi connectivity index (χ3v) is 17.8. The maximum atomic E-state index is 13.1. The number of hydrogen-bond donors (Lipinski definition) is 3. The van der Waals surface area contributed by atoms with E-state index in [2.05, 4.69) is 131 Å². The van der Waals surface area contributed by atoms with Gasteiger partial charge in [0.25, 0.3) is 0 Å². The molecule has 0 spiro atoms. The molecule has 0 aliphatic carbocycles. The fourth-order valence-corrected chi connectivity index (χ4v) is 11.7. The molecule has 100 heavy (non-hydrogen) atoms. The number of unbranched alkanes of at least 4 members (excludes halogenated alkanes) is 26. The lowest BCUT2D eigenvalue weighted by Gasteiger charge is -2.21. The van der Waals surface area contributed by atoms with Crippen LogP contribution in [0.1, 0.15) is 310 Å². The lowest BCUT2D eigenvalue weighted by atomic mass is 10.1. The van der Waals surface area contributed by atoms with E-state index in [1.54, 1.807) is 0 Å². The minimum atomic E-state index is -4.99. The minimum absolute atomic E-state index is 0.0332. The van der Waals surface area contributed by atoms with Crippen molar-refractivity contribution in [3.8, 4) is 0 Å². The van der Waals surface area contributed by atoms with Crippen LogP contribution < -0.4 is 0 Å². The summed E-state index contributed by atoms with van der Waals surface area (Å²) in [6, 6.07) is 0. The van der Waals surface area contributed by atoms with E-state index in [0.29, 0.717) is 32.1 Å². The van der Waals surface area contributed by atoms with Crippen molar-refractivity contribution >= 4 is 39.5 Å². The van der Waals surface area contributed by atoms with Crippen LogP contribution in [0.3, 0.4) is 0 Å². The summed E-state index contributed by atoms with van der Waals surface area (Å²) in [6.07, 6.45) is 79.2. The second-order valence-corrected chi connectivity index (χ2v) is 28.4. The third kappa shape index (κ3) is 71.8. The number of allylic oxidation sites excluding steroid dienone is 20. The minimum Gasteiger partial charge on any atom is -0.462 e. The van der Waals surface area contributed by atoms with E-state index in [1.807, 2.05) is 18.2 Å². The summed E-state index contributed by atoms with van der Waals surface area (Å²) in [4.78, 5) is 72.8. The Balaban J connectivity index is 5.40. The Morgan fingerprint density at radius 1 is 0.290 bits per heavy atom. The number of esters is 4. The zero-order chi connectivity index (χ0) is 73.2. The van der Waals surface area contributed by atoms with Gasteiger partial charge < -0.3 is 33.8 Å². The fraction of sp³-hybridized carbons (Fsp3) is 0.704. The number of phosphoric acid groups is 2. The van der Waals surface area contributed by atoms with Gasteiger partial charge >= 0.3 is 39.5 Å². The molecule has 0 radical (unpaired) electrons. The highest BCUT2D eigenvalue weighted by Crippen LogP contribution is 2.45. The van der Waals surface area contributed by atoms with Crippen LogP contribution in [0.15, 0.2) is 122 Å². The van der Waals surface area contributed by atoms with Gasteiger partial charge in [0.15, 0.2) is 12.2 Å². The number of phosphoric ester groups is 2. The Kier molecular flexibility index (Phi) is 69.5. The molecule has 574 valence electrons. The Hall–Kier alpha value is -4.54. The van der Waals surface area contributed by atoms with Crippen LogP contribution in [-0.2, 0) is 65.4 Å². The molecule has 0 saturated carbocycles. The van der Waals surface area contributed by atoms with Gasteiger partial charge in [-0.25, -0.2) is 9.13 Å². The van der Waals surface area contributed by atoms with Crippen LogP contribution in [0.25, 0.3) is 0 Å². The van der Waals surface area contributed by atoms with Gasteiger partial charge in [-0.1, -0.05) is 284 Å². The van der Waals surface area contributed by atoms with E-state index in [9.17, 15) is 43.2 Å². The van der Waals surface area contributed by atoms with E-state index in [1.165, 1.54) is 77.0 Å².